The first-order valence-corrected chi connectivity index (χ1v) is 11.7. The normalized spacial score (nSPS) is 12.0. The Morgan fingerprint density at radius 3 is 2.52 bits per heavy atom. The molecule has 0 aliphatic heterocycles. The molecule has 0 radical (unpaired) electrons. The van der Waals surface area contributed by atoms with Gasteiger partial charge in [0.15, 0.2) is 5.16 Å². The number of rotatable bonds is 6. The number of thioether (sulfide) groups is 1. The van der Waals surface area contributed by atoms with Crippen molar-refractivity contribution in [2.24, 2.45) is 0 Å². The number of thiophene rings is 1. The second kappa shape index (κ2) is 9.65. The maximum absolute atomic E-state index is 13.5. The Morgan fingerprint density at radius 2 is 1.90 bits per heavy atom. The molecule has 7 nitrogen and oxygen atoms in total. The maximum Gasteiger partial charge on any atom is 0.321 e. The molecule has 164 valence electrons. The number of hydrogen-bond acceptors (Lipinski definition) is 6. The van der Waals surface area contributed by atoms with Crippen molar-refractivity contribution in [3.8, 4) is 0 Å². The van der Waals surface area contributed by atoms with E-state index in [-0.39, 0.29) is 5.56 Å². The van der Waals surface area contributed by atoms with Gasteiger partial charge < -0.3 is 5.32 Å². The minimum absolute atomic E-state index is 0.111. The zero-order chi connectivity index (χ0) is 22.7. The van der Waals surface area contributed by atoms with Crippen molar-refractivity contribution < 1.29 is 9.59 Å². The number of amides is 3. The maximum atomic E-state index is 13.5. The smallest absolute Gasteiger partial charge is 0.321 e. The van der Waals surface area contributed by atoms with E-state index in [0.29, 0.717) is 21.9 Å². The highest BCUT2D eigenvalue weighted by Gasteiger charge is 2.23. The van der Waals surface area contributed by atoms with E-state index in [9.17, 15) is 14.4 Å². The number of nitrogens with zero attached hydrogens (tertiary/aromatic N) is 2. The summed E-state index contributed by atoms with van der Waals surface area (Å²) in [4.78, 5) is 43.9. The summed E-state index contributed by atoms with van der Waals surface area (Å²) in [6.07, 6.45) is 0.831. The van der Waals surface area contributed by atoms with E-state index in [4.69, 9.17) is 4.98 Å². The van der Waals surface area contributed by atoms with Gasteiger partial charge in [-0.25, -0.2) is 9.78 Å². The molecule has 1 atom stereocenters. The van der Waals surface area contributed by atoms with Crippen molar-refractivity contribution in [2.45, 2.75) is 51.1 Å². The van der Waals surface area contributed by atoms with Gasteiger partial charge in [-0.3, -0.25) is 19.5 Å². The summed E-state index contributed by atoms with van der Waals surface area (Å²) in [7, 11) is 1.44. The molecule has 0 spiro atoms. The molecule has 1 aromatic carbocycles. The number of aryl methyl sites for hydroxylation is 3. The van der Waals surface area contributed by atoms with E-state index in [0.717, 1.165) is 28.0 Å². The highest BCUT2D eigenvalue weighted by Crippen LogP contribution is 2.31. The number of urea groups is 1. The van der Waals surface area contributed by atoms with Crippen molar-refractivity contribution in [2.75, 3.05) is 7.05 Å². The third-order valence-electron chi connectivity index (χ3n) is 5.01. The molecule has 2 heterocycles. The fraction of sp³-hybridized carbons (Fsp3) is 0.364. The lowest BCUT2D eigenvalue weighted by atomic mass is 10.1. The Morgan fingerprint density at radius 1 is 1.23 bits per heavy atom. The predicted octanol–water partition coefficient (Wildman–Crippen LogP) is 3.62. The van der Waals surface area contributed by atoms with Gasteiger partial charge in [0.1, 0.15) is 4.83 Å². The number of carbonyl (C=O) groups excluding carboxylic acids is 2. The number of imide groups is 1. The number of nitrogens with one attached hydrogen (secondary N) is 2. The van der Waals surface area contributed by atoms with Gasteiger partial charge >= 0.3 is 6.03 Å². The lowest BCUT2D eigenvalue weighted by Gasteiger charge is -2.15. The van der Waals surface area contributed by atoms with E-state index < -0.39 is 17.2 Å². The first kappa shape index (κ1) is 23.0. The summed E-state index contributed by atoms with van der Waals surface area (Å²) < 4.78 is 1.63. The van der Waals surface area contributed by atoms with Crippen molar-refractivity contribution in [1.29, 1.82) is 0 Å². The quantitative estimate of drug-likeness (QED) is 0.435. The van der Waals surface area contributed by atoms with Gasteiger partial charge in [-0.1, -0.05) is 48.5 Å². The molecule has 0 fully saturated rings. The number of hydrogen-bond donors (Lipinski definition) is 2. The predicted molar refractivity (Wildman–Crippen MR) is 126 cm³/mol. The van der Waals surface area contributed by atoms with Gasteiger partial charge in [0, 0.05) is 11.9 Å². The summed E-state index contributed by atoms with van der Waals surface area (Å²) in [5.74, 6) is -0.447. The van der Waals surface area contributed by atoms with E-state index >= 15 is 0 Å². The van der Waals surface area contributed by atoms with E-state index in [1.165, 1.54) is 30.1 Å². The largest absolute Gasteiger partial charge is 0.341 e. The van der Waals surface area contributed by atoms with Crippen molar-refractivity contribution in [3.05, 3.63) is 56.2 Å². The zero-order valence-electron chi connectivity index (χ0n) is 18.2. The first-order chi connectivity index (χ1) is 14.7. The molecule has 1 unspecified atom stereocenters. The van der Waals surface area contributed by atoms with Gasteiger partial charge in [0.25, 0.3) is 5.56 Å². The zero-order valence-corrected chi connectivity index (χ0v) is 19.9. The third-order valence-corrected chi connectivity index (χ3v) is 7.43. The standard InChI is InChI=1S/C22H26N4O3S2/c1-6-16-13(3)17-19(31-16)25-22(30-14(4)18(27)24-21(29)23-5)26(20(17)28)11-15-9-7-12(2)8-10-15/h7-10,14H,6,11H2,1-5H3,(H2,23,24,27,29). The van der Waals surface area contributed by atoms with Crippen LogP contribution in [-0.2, 0) is 17.8 Å². The molecule has 0 aliphatic rings. The lowest BCUT2D eigenvalue weighted by molar-refractivity contribution is -0.119. The number of benzene rings is 1. The molecular weight excluding hydrogens is 432 g/mol. The fourth-order valence-corrected chi connectivity index (χ4v) is 5.24. The van der Waals surface area contributed by atoms with Gasteiger partial charge in [-0.05, 0) is 38.3 Å². The highest BCUT2D eigenvalue weighted by atomic mass is 32.2. The Bertz CT molecular complexity index is 1180. The molecule has 2 N–H and O–H groups in total. The molecule has 0 bridgehead atoms. The van der Waals surface area contributed by atoms with Crippen LogP contribution in [-0.4, -0.2) is 33.8 Å². The van der Waals surface area contributed by atoms with Gasteiger partial charge in [0.05, 0.1) is 17.2 Å². The SMILES string of the molecule is CCc1sc2nc(SC(C)C(=O)NC(=O)NC)n(Cc3ccc(C)cc3)c(=O)c2c1C. The van der Waals surface area contributed by atoms with Gasteiger partial charge in [-0.2, -0.15) is 0 Å². The Kier molecular flexibility index (Phi) is 7.17. The Balaban J connectivity index is 2.06. The van der Waals surface area contributed by atoms with Crippen LogP contribution in [0.15, 0.2) is 34.2 Å². The minimum atomic E-state index is -0.613. The minimum Gasteiger partial charge on any atom is -0.341 e. The average Bonchev–Trinajstić information content (AvgIpc) is 3.07. The summed E-state index contributed by atoms with van der Waals surface area (Å²) >= 11 is 2.69. The Hall–Kier alpha value is -2.65. The van der Waals surface area contributed by atoms with Crippen LogP contribution in [0, 0.1) is 13.8 Å². The van der Waals surface area contributed by atoms with Crippen LogP contribution in [0.2, 0.25) is 0 Å². The summed E-state index contributed by atoms with van der Waals surface area (Å²) in [6, 6.07) is 7.41. The molecule has 31 heavy (non-hydrogen) atoms. The fourth-order valence-electron chi connectivity index (χ4n) is 3.17. The van der Waals surface area contributed by atoms with Crippen molar-refractivity contribution in [1.82, 2.24) is 20.2 Å². The summed E-state index contributed by atoms with van der Waals surface area (Å²) in [5, 5.41) is 5.13. The topological polar surface area (TPSA) is 93.1 Å². The van der Waals surface area contributed by atoms with Crippen LogP contribution in [0.1, 0.15) is 35.4 Å². The van der Waals surface area contributed by atoms with Crippen molar-refractivity contribution in [3.63, 3.8) is 0 Å². The van der Waals surface area contributed by atoms with E-state index in [1.54, 1.807) is 11.5 Å². The van der Waals surface area contributed by atoms with Crippen LogP contribution < -0.4 is 16.2 Å². The molecule has 2 aromatic heterocycles. The van der Waals surface area contributed by atoms with Crippen LogP contribution in [0.3, 0.4) is 0 Å². The van der Waals surface area contributed by atoms with Crippen LogP contribution >= 0.6 is 23.1 Å². The molecular formula is C22H26N4O3S2. The van der Waals surface area contributed by atoms with E-state index in [1.807, 2.05) is 38.1 Å². The first-order valence-electron chi connectivity index (χ1n) is 10.0. The van der Waals surface area contributed by atoms with Crippen LogP contribution in [0.5, 0.6) is 0 Å². The molecule has 0 saturated carbocycles. The van der Waals surface area contributed by atoms with E-state index in [2.05, 4.69) is 17.6 Å². The second-order valence-electron chi connectivity index (χ2n) is 7.28. The highest BCUT2D eigenvalue weighted by molar-refractivity contribution is 8.00. The molecule has 3 rings (SSSR count). The van der Waals surface area contributed by atoms with Gasteiger partial charge in [-0.15, -0.1) is 11.3 Å². The lowest BCUT2D eigenvalue weighted by Crippen LogP contribution is -2.41. The summed E-state index contributed by atoms with van der Waals surface area (Å²) in [5.41, 5.74) is 2.97. The van der Waals surface area contributed by atoms with Gasteiger partial charge in [0.2, 0.25) is 5.91 Å². The molecule has 3 aromatic rings. The number of carbonyl (C=O) groups is 2. The number of fused-ring (bicyclic) bond motifs is 1. The monoisotopic (exact) mass is 458 g/mol. The number of aromatic nitrogens is 2. The molecule has 9 heteroatoms. The summed E-state index contributed by atoms with van der Waals surface area (Å²) in [6.45, 7) is 8.07. The third kappa shape index (κ3) is 4.99. The molecule has 0 saturated heterocycles. The van der Waals surface area contributed by atoms with Crippen LogP contribution in [0.25, 0.3) is 10.2 Å². The Labute approximate surface area is 189 Å². The average molecular weight is 459 g/mol. The molecule has 3 amide bonds. The second-order valence-corrected chi connectivity index (χ2v) is 9.68. The molecule has 0 aliphatic carbocycles. The van der Waals surface area contributed by atoms with Crippen molar-refractivity contribution >= 4 is 45.3 Å². The van der Waals surface area contributed by atoms with Crippen LogP contribution in [0.4, 0.5) is 4.79 Å².